The van der Waals surface area contributed by atoms with E-state index in [4.69, 9.17) is 4.74 Å². The Morgan fingerprint density at radius 1 is 1.36 bits per heavy atom. The molecule has 1 aliphatic rings. The average Bonchev–Trinajstić information content (AvgIpc) is 2.68. The number of carboxylic acids is 1. The first-order chi connectivity index (χ1) is 10.6. The summed E-state index contributed by atoms with van der Waals surface area (Å²) in [5, 5.41) is 9.22. The lowest BCUT2D eigenvalue weighted by Crippen LogP contribution is -2.18. The zero-order valence-electron chi connectivity index (χ0n) is 12.6. The Hall–Kier alpha value is -1.92. The van der Waals surface area contributed by atoms with Gasteiger partial charge >= 0.3 is 5.97 Å². The molecule has 0 saturated carbocycles. The number of nitrogens with zero attached hydrogens (tertiary/aromatic N) is 2. The van der Waals surface area contributed by atoms with Crippen molar-refractivity contribution in [3.8, 4) is 5.75 Å². The van der Waals surface area contributed by atoms with Crippen LogP contribution in [-0.2, 0) is 13.6 Å². The molecule has 0 aliphatic carbocycles. The number of benzene rings is 1. The van der Waals surface area contributed by atoms with E-state index < -0.39 is 5.97 Å². The minimum atomic E-state index is -0.901. The van der Waals surface area contributed by atoms with Crippen LogP contribution in [0.25, 0.3) is 0 Å². The van der Waals surface area contributed by atoms with Gasteiger partial charge < -0.3 is 14.4 Å². The topological polar surface area (TPSA) is 54.7 Å². The smallest absolute Gasteiger partial charge is 0.352 e. The van der Waals surface area contributed by atoms with Crippen LogP contribution in [-0.4, -0.2) is 33.1 Å². The lowest BCUT2D eigenvalue weighted by molar-refractivity contribution is 0.0686. The molecule has 0 atom stereocenters. The molecule has 0 fully saturated rings. The fraction of sp³-hybridized carbons (Fsp3) is 0.312. The first kappa shape index (κ1) is 15.0. The van der Waals surface area contributed by atoms with Crippen LogP contribution >= 0.6 is 11.9 Å². The van der Waals surface area contributed by atoms with Gasteiger partial charge in [-0.2, -0.15) is 0 Å². The predicted molar refractivity (Wildman–Crippen MR) is 85.3 cm³/mol. The number of fused-ring (bicyclic) bond motifs is 1. The minimum Gasteiger partial charge on any atom is -0.492 e. The molecule has 0 spiro atoms. The lowest BCUT2D eigenvalue weighted by Gasteiger charge is -2.17. The summed E-state index contributed by atoms with van der Waals surface area (Å²) in [7, 11) is 1.78. The normalized spacial score (nSPS) is 15.0. The third-order valence-electron chi connectivity index (χ3n) is 3.85. The van der Waals surface area contributed by atoms with Crippen molar-refractivity contribution in [2.45, 2.75) is 18.4 Å². The number of para-hydroxylation sites is 1. The monoisotopic (exact) mass is 318 g/mol. The van der Waals surface area contributed by atoms with Gasteiger partial charge in [-0.15, -0.1) is 0 Å². The molecule has 0 radical (unpaired) electrons. The average molecular weight is 318 g/mol. The molecule has 0 unspecified atom stereocenters. The fourth-order valence-electron chi connectivity index (χ4n) is 2.49. The molecule has 0 saturated heterocycles. The van der Waals surface area contributed by atoms with E-state index >= 15 is 0 Å². The number of rotatable bonds is 3. The van der Waals surface area contributed by atoms with E-state index in [-0.39, 0.29) is 0 Å². The number of hydrogen-bond donors (Lipinski definition) is 1. The number of ether oxygens (including phenoxy) is 1. The summed E-state index contributed by atoms with van der Waals surface area (Å²) in [6.45, 7) is 4.13. The molecular formula is C16H18N2O3S. The Balaban J connectivity index is 1.82. The summed E-state index contributed by atoms with van der Waals surface area (Å²) in [6, 6.07) is 9.77. The molecule has 5 nitrogen and oxygen atoms in total. The highest BCUT2D eigenvalue weighted by atomic mass is 32.2. The zero-order valence-corrected chi connectivity index (χ0v) is 13.4. The number of aromatic carboxylic acids is 1. The molecule has 0 amide bonds. The van der Waals surface area contributed by atoms with Crippen LogP contribution in [0, 0.1) is 6.92 Å². The Morgan fingerprint density at radius 2 is 2.14 bits per heavy atom. The molecule has 116 valence electrons. The van der Waals surface area contributed by atoms with Gasteiger partial charge in [0.1, 0.15) is 18.1 Å². The van der Waals surface area contributed by atoms with Gasteiger partial charge in [0.25, 0.3) is 0 Å². The summed E-state index contributed by atoms with van der Waals surface area (Å²) >= 11 is 1.59. The number of carboxylic acid groups (broad SMARTS) is 1. The molecule has 0 bridgehead atoms. The predicted octanol–water partition coefficient (Wildman–Crippen LogP) is 2.93. The largest absolute Gasteiger partial charge is 0.492 e. The summed E-state index contributed by atoms with van der Waals surface area (Å²) in [5.41, 5.74) is 2.42. The van der Waals surface area contributed by atoms with Gasteiger partial charge in [-0.25, -0.2) is 9.10 Å². The van der Waals surface area contributed by atoms with Gasteiger partial charge in [-0.3, -0.25) is 0 Å². The summed E-state index contributed by atoms with van der Waals surface area (Å²) in [5.74, 6) is 0.0311. The van der Waals surface area contributed by atoms with Gasteiger partial charge in [-0.05, 0) is 31.0 Å². The second-order valence-electron chi connectivity index (χ2n) is 5.25. The quantitative estimate of drug-likeness (QED) is 0.882. The maximum atomic E-state index is 11.2. The van der Waals surface area contributed by atoms with Crippen LogP contribution in [0.15, 0.2) is 35.2 Å². The Morgan fingerprint density at radius 3 is 2.86 bits per heavy atom. The highest BCUT2D eigenvalue weighted by Gasteiger charge is 2.20. The number of aromatic nitrogens is 1. The Kier molecular flexibility index (Phi) is 4.13. The molecule has 1 aliphatic heterocycles. The van der Waals surface area contributed by atoms with Crippen molar-refractivity contribution in [3.05, 3.63) is 47.3 Å². The molecule has 2 heterocycles. The van der Waals surface area contributed by atoms with Gasteiger partial charge in [0.2, 0.25) is 0 Å². The van der Waals surface area contributed by atoms with Crippen LogP contribution < -0.4 is 4.74 Å². The van der Waals surface area contributed by atoms with Crippen molar-refractivity contribution in [2.75, 3.05) is 13.2 Å². The third-order valence-corrected chi connectivity index (χ3v) is 5.03. The van der Waals surface area contributed by atoms with E-state index in [2.05, 4.69) is 10.4 Å². The number of hydrogen-bond acceptors (Lipinski definition) is 4. The van der Waals surface area contributed by atoms with E-state index in [1.165, 1.54) is 0 Å². The third kappa shape index (κ3) is 2.84. The maximum Gasteiger partial charge on any atom is 0.352 e. The first-order valence-corrected chi connectivity index (χ1v) is 7.87. The van der Waals surface area contributed by atoms with Crippen molar-refractivity contribution in [3.63, 3.8) is 0 Å². The van der Waals surface area contributed by atoms with Crippen LogP contribution in [0.3, 0.4) is 0 Å². The van der Waals surface area contributed by atoms with Crippen molar-refractivity contribution < 1.29 is 14.6 Å². The zero-order chi connectivity index (χ0) is 15.7. The molecule has 1 aromatic carbocycles. The first-order valence-electron chi connectivity index (χ1n) is 7.09. The van der Waals surface area contributed by atoms with E-state index in [1.54, 1.807) is 29.6 Å². The molecule has 3 rings (SSSR count). The van der Waals surface area contributed by atoms with Crippen LogP contribution in [0.4, 0.5) is 0 Å². The van der Waals surface area contributed by atoms with Crippen molar-refractivity contribution in [1.29, 1.82) is 0 Å². The van der Waals surface area contributed by atoms with Gasteiger partial charge in [-0.1, -0.05) is 18.2 Å². The van der Waals surface area contributed by atoms with Crippen molar-refractivity contribution in [2.24, 2.45) is 7.05 Å². The summed E-state index contributed by atoms with van der Waals surface area (Å²) in [4.78, 5) is 12.2. The minimum absolute atomic E-state index is 0.312. The lowest BCUT2D eigenvalue weighted by atomic mass is 10.2. The van der Waals surface area contributed by atoms with Crippen LogP contribution in [0.1, 0.15) is 21.7 Å². The van der Waals surface area contributed by atoms with E-state index in [0.29, 0.717) is 12.3 Å². The van der Waals surface area contributed by atoms with Gasteiger partial charge in [0.15, 0.2) is 0 Å². The molecule has 6 heteroatoms. The Bertz CT molecular complexity index is 711. The van der Waals surface area contributed by atoms with E-state index in [1.807, 2.05) is 25.1 Å². The van der Waals surface area contributed by atoms with E-state index in [9.17, 15) is 9.90 Å². The van der Waals surface area contributed by atoms with Gasteiger partial charge in [0.05, 0.1) is 0 Å². The molecule has 22 heavy (non-hydrogen) atoms. The molecule has 1 N–H and O–H groups in total. The Labute approximate surface area is 133 Å². The molecule has 1 aromatic heterocycles. The van der Waals surface area contributed by atoms with Crippen LogP contribution in [0.2, 0.25) is 0 Å². The molecule has 2 aromatic rings. The van der Waals surface area contributed by atoms with Crippen molar-refractivity contribution in [1.82, 2.24) is 8.87 Å². The summed E-state index contributed by atoms with van der Waals surface area (Å²) in [6.07, 6.45) is 0. The SMILES string of the molecule is Cc1c(SN2CCOc3ccccc3C2)cc(C(=O)O)n1C. The highest BCUT2D eigenvalue weighted by Crippen LogP contribution is 2.32. The van der Waals surface area contributed by atoms with Crippen LogP contribution in [0.5, 0.6) is 5.75 Å². The highest BCUT2D eigenvalue weighted by molar-refractivity contribution is 7.97. The molecular weight excluding hydrogens is 300 g/mol. The summed E-state index contributed by atoms with van der Waals surface area (Å²) < 4.78 is 9.68. The standard InChI is InChI=1S/C16H18N2O3S/c1-11-15(9-13(16(19)20)17(11)2)22-18-7-8-21-14-6-4-3-5-12(14)10-18/h3-6,9H,7-8,10H2,1-2H3,(H,19,20). The second kappa shape index (κ2) is 6.06. The van der Waals surface area contributed by atoms with Gasteiger partial charge in [0, 0.05) is 36.3 Å². The number of carbonyl (C=O) groups is 1. The maximum absolute atomic E-state index is 11.2. The fourth-order valence-corrected chi connectivity index (χ4v) is 3.57. The van der Waals surface area contributed by atoms with Crippen molar-refractivity contribution >= 4 is 17.9 Å². The second-order valence-corrected chi connectivity index (χ2v) is 6.39. The van der Waals surface area contributed by atoms with E-state index in [0.717, 1.165) is 35.0 Å².